The number of hydrogen-bond donors (Lipinski definition) is 1. The number of likely N-dealkylation sites (N-methyl/N-ethyl adjacent to an activating group) is 1. The average molecular weight is 281 g/mol. The molecular weight excluding hydrogens is 260 g/mol. The molecule has 0 radical (unpaired) electrons. The molecule has 0 aromatic carbocycles. The first-order valence-electron chi connectivity index (χ1n) is 5.21. The summed E-state index contributed by atoms with van der Waals surface area (Å²) in [6, 6.07) is 0. The highest BCUT2D eigenvalue weighted by Crippen LogP contribution is 2.03. The fourth-order valence-corrected chi connectivity index (χ4v) is 1.19. The Morgan fingerprint density at radius 2 is 2.20 bits per heavy atom. The van der Waals surface area contributed by atoms with Crippen LogP contribution in [0.1, 0.15) is 13.3 Å². The van der Waals surface area contributed by atoms with Gasteiger partial charge in [0.05, 0.1) is 11.4 Å². The molecule has 0 aliphatic heterocycles. The van der Waals surface area contributed by atoms with Crippen LogP contribution < -0.4 is 5.32 Å². The standard InChI is InChI=1S/C10H21BrN2O2/c1-4-9(11)10(14)12-5-6-13(2)7-8-15-3/h9H,4-8H2,1-3H3,(H,12,14). The second-order valence-corrected chi connectivity index (χ2v) is 4.57. The lowest BCUT2D eigenvalue weighted by molar-refractivity contribution is -0.120. The second-order valence-electron chi connectivity index (χ2n) is 3.46. The summed E-state index contributed by atoms with van der Waals surface area (Å²) >= 11 is 3.31. The fraction of sp³-hybridized carbons (Fsp3) is 0.900. The number of alkyl halides is 1. The minimum absolute atomic E-state index is 0.0673. The molecule has 5 heteroatoms. The van der Waals surface area contributed by atoms with E-state index >= 15 is 0 Å². The van der Waals surface area contributed by atoms with Crippen LogP contribution in [-0.4, -0.2) is 56.0 Å². The van der Waals surface area contributed by atoms with Crippen molar-refractivity contribution in [3.05, 3.63) is 0 Å². The van der Waals surface area contributed by atoms with E-state index in [4.69, 9.17) is 4.74 Å². The maximum absolute atomic E-state index is 11.4. The van der Waals surface area contributed by atoms with Crippen molar-refractivity contribution in [3.8, 4) is 0 Å². The van der Waals surface area contributed by atoms with Crippen LogP contribution in [0.3, 0.4) is 0 Å². The van der Waals surface area contributed by atoms with Crippen LogP contribution in [0.2, 0.25) is 0 Å². The Morgan fingerprint density at radius 3 is 2.73 bits per heavy atom. The van der Waals surface area contributed by atoms with Crippen LogP contribution in [0.25, 0.3) is 0 Å². The molecule has 90 valence electrons. The Morgan fingerprint density at radius 1 is 1.53 bits per heavy atom. The van der Waals surface area contributed by atoms with Crippen molar-refractivity contribution < 1.29 is 9.53 Å². The van der Waals surface area contributed by atoms with Gasteiger partial charge in [-0.05, 0) is 13.5 Å². The molecule has 0 saturated carbocycles. The van der Waals surface area contributed by atoms with Crippen LogP contribution in [0.5, 0.6) is 0 Å². The highest BCUT2D eigenvalue weighted by Gasteiger charge is 2.11. The molecule has 1 atom stereocenters. The molecule has 0 aliphatic rings. The third-order valence-electron chi connectivity index (χ3n) is 2.11. The minimum Gasteiger partial charge on any atom is -0.383 e. The number of amides is 1. The first kappa shape index (κ1) is 14.9. The SMILES string of the molecule is CCC(Br)C(=O)NCCN(C)CCOC. The van der Waals surface area contributed by atoms with Crippen LogP contribution in [0.15, 0.2) is 0 Å². The summed E-state index contributed by atoms with van der Waals surface area (Å²) in [5.41, 5.74) is 0. The summed E-state index contributed by atoms with van der Waals surface area (Å²) in [5.74, 6) is 0.0673. The monoisotopic (exact) mass is 280 g/mol. The number of hydrogen-bond acceptors (Lipinski definition) is 3. The van der Waals surface area contributed by atoms with E-state index in [1.807, 2.05) is 14.0 Å². The number of carbonyl (C=O) groups excluding carboxylic acids is 1. The Hall–Kier alpha value is -0.130. The summed E-state index contributed by atoms with van der Waals surface area (Å²) in [5, 5.41) is 2.87. The zero-order chi connectivity index (χ0) is 11.7. The Labute approximate surface area is 100 Å². The fourth-order valence-electron chi connectivity index (χ4n) is 1.03. The molecule has 0 aliphatic carbocycles. The molecule has 1 N–H and O–H groups in total. The highest BCUT2D eigenvalue weighted by molar-refractivity contribution is 9.10. The minimum atomic E-state index is -0.0678. The van der Waals surface area contributed by atoms with Crippen molar-refractivity contribution in [2.75, 3.05) is 40.4 Å². The van der Waals surface area contributed by atoms with Crippen molar-refractivity contribution in [2.45, 2.75) is 18.2 Å². The van der Waals surface area contributed by atoms with Gasteiger partial charge in [-0.2, -0.15) is 0 Å². The molecule has 0 rings (SSSR count). The van der Waals surface area contributed by atoms with Gasteiger partial charge >= 0.3 is 0 Å². The first-order valence-corrected chi connectivity index (χ1v) is 6.12. The zero-order valence-electron chi connectivity index (χ0n) is 9.75. The maximum atomic E-state index is 11.4. The van der Waals surface area contributed by atoms with Gasteiger partial charge in [0.1, 0.15) is 0 Å². The van der Waals surface area contributed by atoms with Crippen molar-refractivity contribution in [1.29, 1.82) is 0 Å². The van der Waals surface area contributed by atoms with E-state index in [1.54, 1.807) is 7.11 Å². The molecular formula is C10H21BrN2O2. The predicted molar refractivity (Wildman–Crippen MR) is 65.4 cm³/mol. The van der Waals surface area contributed by atoms with E-state index in [0.717, 1.165) is 26.1 Å². The summed E-state index contributed by atoms with van der Waals surface area (Å²) in [6.07, 6.45) is 0.811. The van der Waals surface area contributed by atoms with Gasteiger partial charge in [0, 0.05) is 26.7 Å². The number of nitrogens with zero attached hydrogens (tertiary/aromatic N) is 1. The summed E-state index contributed by atoms with van der Waals surface area (Å²) < 4.78 is 4.96. The number of ether oxygens (including phenoxy) is 1. The molecule has 0 spiro atoms. The van der Waals surface area contributed by atoms with Crippen molar-refractivity contribution in [2.24, 2.45) is 0 Å². The van der Waals surface area contributed by atoms with Crippen LogP contribution in [0.4, 0.5) is 0 Å². The molecule has 0 fully saturated rings. The smallest absolute Gasteiger partial charge is 0.233 e. The van der Waals surface area contributed by atoms with Crippen LogP contribution in [-0.2, 0) is 9.53 Å². The normalized spacial score (nSPS) is 12.9. The van der Waals surface area contributed by atoms with E-state index in [1.165, 1.54) is 0 Å². The van der Waals surface area contributed by atoms with Gasteiger partial charge in [-0.15, -0.1) is 0 Å². The van der Waals surface area contributed by atoms with E-state index in [9.17, 15) is 4.79 Å². The van der Waals surface area contributed by atoms with Crippen LogP contribution >= 0.6 is 15.9 Å². The Kier molecular flexibility index (Phi) is 9.04. The van der Waals surface area contributed by atoms with Crippen LogP contribution in [0, 0.1) is 0 Å². The van der Waals surface area contributed by atoms with Gasteiger partial charge in [0.25, 0.3) is 0 Å². The average Bonchev–Trinajstić information content (AvgIpc) is 2.24. The number of halogens is 1. The summed E-state index contributed by atoms with van der Waals surface area (Å²) in [4.78, 5) is 13.4. The third kappa shape index (κ3) is 7.76. The molecule has 15 heavy (non-hydrogen) atoms. The van der Waals surface area contributed by atoms with Gasteiger partial charge in [-0.3, -0.25) is 4.79 Å². The predicted octanol–water partition coefficient (Wildman–Crippen LogP) is 0.854. The topological polar surface area (TPSA) is 41.6 Å². The van der Waals surface area contributed by atoms with Gasteiger partial charge in [0.2, 0.25) is 5.91 Å². The lowest BCUT2D eigenvalue weighted by Crippen LogP contribution is -2.37. The van der Waals surface area contributed by atoms with E-state index in [-0.39, 0.29) is 10.7 Å². The quantitative estimate of drug-likeness (QED) is 0.671. The molecule has 0 saturated heterocycles. The van der Waals surface area contributed by atoms with Crippen molar-refractivity contribution >= 4 is 21.8 Å². The Bertz CT molecular complexity index is 179. The van der Waals surface area contributed by atoms with Crippen molar-refractivity contribution in [1.82, 2.24) is 10.2 Å². The van der Waals surface area contributed by atoms with Gasteiger partial charge in [-0.1, -0.05) is 22.9 Å². The maximum Gasteiger partial charge on any atom is 0.233 e. The molecule has 1 unspecified atom stereocenters. The Balaban J connectivity index is 3.48. The molecule has 4 nitrogen and oxygen atoms in total. The molecule has 0 aromatic heterocycles. The molecule has 0 bridgehead atoms. The molecule has 0 aromatic rings. The zero-order valence-corrected chi connectivity index (χ0v) is 11.3. The number of rotatable bonds is 8. The second kappa shape index (κ2) is 9.12. The summed E-state index contributed by atoms with van der Waals surface area (Å²) in [6.45, 7) is 5.11. The van der Waals surface area contributed by atoms with Gasteiger partial charge in [-0.25, -0.2) is 0 Å². The van der Waals surface area contributed by atoms with Gasteiger partial charge in [0.15, 0.2) is 0 Å². The lowest BCUT2D eigenvalue weighted by Gasteiger charge is -2.16. The first-order chi connectivity index (χ1) is 7.11. The molecule has 1 amide bonds. The van der Waals surface area contributed by atoms with Gasteiger partial charge < -0.3 is 15.0 Å². The number of carbonyl (C=O) groups is 1. The number of methoxy groups -OCH3 is 1. The van der Waals surface area contributed by atoms with Crippen molar-refractivity contribution in [3.63, 3.8) is 0 Å². The number of nitrogens with one attached hydrogen (secondary N) is 1. The van der Waals surface area contributed by atoms with E-state index in [2.05, 4.69) is 26.1 Å². The third-order valence-corrected chi connectivity index (χ3v) is 3.18. The molecule has 0 heterocycles. The summed E-state index contributed by atoms with van der Waals surface area (Å²) in [7, 11) is 3.70. The highest BCUT2D eigenvalue weighted by atomic mass is 79.9. The van der Waals surface area contributed by atoms with E-state index in [0.29, 0.717) is 6.54 Å². The van der Waals surface area contributed by atoms with E-state index < -0.39 is 0 Å². The largest absolute Gasteiger partial charge is 0.383 e. The lowest BCUT2D eigenvalue weighted by atomic mass is 10.3.